The van der Waals surface area contributed by atoms with Crippen molar-refractivity contribution in [1.82, 2.24) is 0 Å². The van der Waals surface area contributed by atoms with Crippen molar-refractivity contribution < 1.29 is 22.8 Å². The third-order valence-electron chi connectivity index (χ3n) is 4.71. The third kappa shape index (κ3) is 2.83. The van der Waals surface area contributed by atoms with Crippen LogP contribution in [0.1, 0.15) is 28.8 Å². The van der Waals surface area contributed by atoms with Gasteiger partial charge in [-0.25, -0.2) is 13.2 Å². The first-order chi connectivity index (χ1) is 12.5. The number of benzene rings is 2. The zero-order chi connectivity index (χ0) is 18.4. The highest BCUT2D eigenvalue weighted by molar-refractivity contribution is 6.05. The average Bonchev–Trinajstić information content (AvgIpc) is 3.39. The smallest absolute Gasteiger partial charge is 0.258 e. The maximum Gasteiger partial charge on any atom is 0.258 e. The van der Waals surface area contributed by atoms with Gasteiger partial charge in [0.2, 0.25) is 5.91 Å². The Labute approximate surface area is 147 Å². The minimum absolute atomic E-state index is 0.0792. The van der Waals surface area contributed by atoms with E-state index in [4.69, 9.17) is 0 Å². The Bertz CT molecular complexity index is 925. The summed E-state index contributed by atoms with van der Waals surface area (Å²) >= 11 is 0. The van der Waals surface area contributed by atoms with Gasteiger partial charge in [0.05, 0.1) is 5.56 Å². The lowest BCUT2D eigenvalue weighted by atomic mass is 10.1. The molecular weight excluding hydrogens is 345 g/mol. The molecule has 2 aromatic carbocycles. The van der Waals surface area contributed by atoms with Crippen LogP contribution in [0.5, 0.6) is 0 Å². The van der Waals surface area contributed by atoms with Gasteiger partial charge in [-0.05, 0) is 49.1 Å². The first kappa shape index (κ1) is 16.6. The van der Waals surface area contributed by atoms with E-state index in [0.717, 1.165) is 36.6 Å². The second-order valence-corrected chi connectivity index (χ2v) is 6.53. The van der Waals surface area contributed by atoms with Crippen molar-refractivity contribution >= 4 is 23.2 Å². The quantitative estimate of drug-likeness (QED) is 0.850. The number of nitrogens with one attached hydrogen (secondary N) is 1. The summed E-state index contributed by atoms with van der Waals surface area (Å²) in [7, 11) is 0. The average molecular weight is 360 g/mol. The van der Waals surface area contributed by atoms with E-state index in [0.29, 0.717) is 18.3 Å². The number of carbonyl (C=O) groups excluding carboxylic acids is 2. The number of fused-ring (bicyclic) bond motifs is 1. The van der Waals surface area contributed by atoms with Gasteiger partial charge in [-0.1, -0.05) is 6.07 Å². The van der Waals surface area contributed by atoms with Crippen molar-refractivity contribution in [3.63, 3.8) is 0 Å². The van der Waals surface area contributed by atoms with Gasteiger partial charge in [0, 0.05) is 23.8 Å². The molecule has 134 valence electrons. The summed E-state index contributed by atoms with van der Waals surface area (Å²) < 4.78 is 40.1. The summed E-state index contributed by atoms with van der Waals surface area (Å²) in [5.74, 6) is -5.30. The standard InChI is InChI=1S/C19H15F3N2O2/c20-14-6-5-13(16(21)17(14)22)18(25)23-12-4-3-10-7-8-24(15(10)9-12)19(26)11-1-2-11/h3-6,9,11H,1-2,7-8H2,(H,23,25). The summed E-state index contributed by atoms with van der Waals surface area (Å²) in [5, 5.41) is 2.47. The van der Waals surface area contributed by atoms with E-state index in [1.54, 1.807) is 23.1 Å². The number of halogens is 3. The number of carbonyl (C=O) groups is 2. The second-order valence-electron chi connectivity index (χ2n) is 6.53. The number of hydrogen-bond donors (Lipinski definition) is 1. The Kier molecular flexibility index (Phi) is 3.94. The number of nitrogens with zero attached hydrogens (tertiary/aromatic N) is 1. The maximum atomic E-state index is 13.8. The van der Waals surface area contributed by atoms with Gasteiger partial charge in [0.1, 0.15) is 0 Å². The summed E-state index contributed by atoms with van der Waals surface area (Å²) in [5.41, 5.74) is 1.49. The number of amides is 2. The molecule has 4 nitrogen and oxygen atoms in total. The minimum atomic E-state index is -1.69. The van der Waals surface area contributed by atoms with E-state index in [2.05, 4.69) is 5.32 Å². The number of hydrogen-bond acceptors (Lipinski definition) is 2. The molecule has 2 amide bonds. The van der Waals surface area contributed by atoms with Crippen LogP contribution in [0.15, 0.2) is 30.3 Å². The molecule has 1 heterocycles. The van der Waals surface area contributed by atoms with Crippen LogP contribution in [0.25, 0.3) is 0 Å². The Morgan fingerprint density at radius 1 is 1.04 bits per heavy atom. The third-order valence-corrected chi connectivity index (χ3v) is 4.71. The van der Waals surface area contributed by atoms with Crippen LogP contribution >= 0.6 is 0 Å². The molecule has 2 aliphatic rings. The summed E-state index contributed by atoms with van der Waals surface area (Å²) in [4.78, 5) is 26.3. The van der Waals surface area contributed by atoms with Crippen molar-refractivity contribution in [1.29, 1.82) is 0 Å². The molecule has 0 bridgehead atoms. The molecule has 0 saturated heterocycles. The van der Waals surface area contributed by atoms with Crippen molar-refractivity contribution in [2.24, 2.45) is 5.92 Å². The lowest BCUT2D eigenvalue weighted by Gasteiger charge is -2.18. The predicted molar refractivity (Wildman–Crippen MR) is 89.5 cm³/mol. The Morgan fingerprint density at radius 2 is 1.81 bits per heavy atom. The highest BCUT2D eigenvalue weighted by Crippen LogP contribution is 2.37. The fraction of sp³-hybridized carbons (Fsp3) is 0.263. The molecule has 26 heavy (non-hydrogen) atoms. The van der Waals surface area contributed by atoms with E-state index in [-0.39, 0.29) is 11.8 Å². The van der Waals surface area contributed by atoms with Crippen molar-refractivity contribution in [2.75, 3.05) is 16.8 Å². The molecule has 0 radical (unpaired) electrons. The highest BCUT2D eigenvalue weighted by atomic mass is 19.2. The first-order valence-corrected chi connectivity index (χ1v) is 8.35. The SMILES string of the molecule is O=C(Nc1ccc2c(c1)N(C(=O)C1CC1)CC2)c1ccc(F)c(F)c1F. The van der Waals surface area contributed by atoms with Crippen molar-refractivity contribution in [3.8, 4) is 0 Å². The fourth-order valence-electron chi connectivity index (χ4n) is 3.14. The Balaban J connectivity index is 1.58. The van der Waals surface area contributed by atoms with Crippen LogP contribution in [0, 0.1) is 23.4 Å². The molecule has 4 rings (SSSR count). The fourth-order valence-corrected chi connectivity index (χ4v) is 3.14. The molecule has 7 heteroatoms. The second kappa shape index (κ2) is 6.16. The van der Waals surface area contributed by atoms with Crippen molar-refractivity contribution in [2.45, 2.75) is 19.3 Å². The lowest BCUT2D eigenvalue weighted by molar-refractivity contribution is -0.119. The topological polar surface area (TPSA) is 49.4 Å². The van der Waals surface area contributed by atoms with Crippen molar-refractivity contribution in [3.05, 3.63) is 58.9 Å². The zero-order valence-electron chi connectivity index (χ0n) is 13.7. The molecule has 0 atom stereocenters. The molecule has 1 N–H and O–H groups in total. The zero-order valence-corrected chi connectivity index (χ0v) is 13.7. The number of anilines is 2. The molecule has 0 unspecified atom stereocenters. The molecule has 1 aliphatic heterocycles. The lowest BCUT2D eigenvalue weighted by Crippen LogP contribution is -2.30. The van der Waals surface area contributed by atoms with Crippen LogP contribution in [0.3, 0.4) is 0 Å². The van der Waals surface area contributed by atoms with Gasteiger partial charge in [0.25, 0.3) is 5.91 Å². The van der Waals surface area contributed by atoms with Gasteiger partial charge in [-0.15, -0.1) is 0 Å². The van der Waals surface area contributed by atoms with E-state index < -0.39 is 28.9 Å². The van der Waals surface area contributed by atoms with E-state index in [1.165, 1.54) is 0 Å². The van der Waals surface area contributed by atoms with E-state index in [1.807, 2.05) is 0 Å². The van der Waals surface area contributed by atoms with E-state index >= 15 is 0 Å². The van der Waals surface area contributed by atoms with Crippen LogP contribution in [0.2, 0.25) is 0 Å². The first-order valence-electron chi connectivity index (χ1n) is 8.35. The van der Waals surface area contributed by atoms with E-state index in [9.17, 15) is 22.8 Å². The Morgan fingerprint density at radius 3 is 2.54 bits per heavy atom. The highest BCUT2D eigenvalue weighted by Gasteiger charge is 2.36. The molecule has 0 aromatic heterocycles. The van der Waals surface area contributed by atoms with Gasteiger partial charge in [-0.3, -0.25) is 9.59 Å². The van der Waals surface area contributed by atoms with Gasteiger partial charge in [-0.2, -0.15) is 0 Å². The molecule has 0 spiro atoms. The van der Waals surface area contributed by atoms with Gasteiger partial charge < -0.3 is 10.2 Å². The maximum absolute atomic E-state index is 13.8. The summed E-state index contributed by atoms with van der Waals surface area (Å²) in [6.07, 6.45) is 2.53. The molecule has 1 saturated carbocycles. The van der Waals surface area contributed by atoms with Crippen LogP contribution in [-0.4, -0.2) is 18.4 Å². The predicted octanol–water partition coefficient (Wildman–Crippen LogP) is 3.66. The normalized spacial score (nSPS) is 15.7. The van der Waals surface area contributed by atoms with Crippen LogP contribution in [0.4, 0.5) is 24.5 Å². The summed E-state index contributed by atoms with van der Waals surface area (Å²) in [6, 6.07) is 6.68. The van der Waals surface area contributed by atoms with Crippen LogP contribution in [-0.2, 0) is 11.2 Å². The van der Waals surface area contributed by atoms with Crippen LogP contribution < -0.4 is 10.2 Å². The largest absolute Gasteiger partial charge is 0.322 e. The number of rotatable bonds is 3. The molecular formula is C19H15F3N2O2. The minimum Gasteiger partial charge on any atom is -0.322 e. The Hall–Kier alpha value is -2.83. The molecule has 1 fully saturated rings. The monoisotopic (exact) mass is 360 g/mol. The summed E-state index contributed by atoms with van der Waals surface area (Å²) in [6.45, 7) is 0.597. The van der Waals surface area contributed by atoms with Gasteiger partial charge in [0.15, 0.2) is 17.5 Å². The molecule has 1 aliphatic carbocycles. The van der Waals surface area contributed by atoms with Gasteiger partial charge >= 0.3 is 0 Å². The molecule has 2 aromatic rings.